The molecule has 3 aromatic rings. The summed E-state index contributed by atoms with van der Waals surface area (Å²) in [4.78, 5) is 8.97. The van der Waals surface area contributed by atoms with Crippen molar-refractivity contribution in [2.45, 2.75) is 32.3 Å². The molecule has 1 saturated heterocycles. The molecule has 4 rings (SSSR count). The van der Waals surface area contributed by atoms with E-state index in [2.05, 4.69) is 21.3 Å². The minimum Gasteiger partial charge on any atom is -0.488 e. The Kier molecular flexibility index (Phi) is 6.20. The van der Waals surface area contributed by atoms with Gasteiger partial charge in [0.1, 0.15) is 24.0 Å². The second-order valence-corrected chi connectivity index (χ2v) is 10.5. The highest BCUT2D eigenvalue weighted by Gasteiger charge is 2.20. The summed E-state index contributed by atoms with van der Waals surface area (Å²) in [5, 5.41) is 0.946. The van der Waals surface area contributed by atoms with Crippen molar-refractivity contribution in [2.24, 2.45) is 4.36 Å². The molecule has 0 amide bonds. The number of nitrogens with zero attached hydrogens (tertiary/aromatic N) is 3. The Bertz CT molecular complexity index is 1220. The lowest BCUT2D eigenvalue weighted by atomic mass is 9.99. The van der Waals surface area contributed by atoms with E-state index in [4.69, 9.17) is 9.47 Å². The molecule has 0 saturated carbocycles. The fourth-order valence-corrected chi connectivity index (χ4v) is 4.41. The van der Waals surface area contributed by atoms with E-state index >= 15 is 0 Å². The third-order valence-corrected chi connectivity index (χ3v) is 5.81. The maximum Gasteiger partial charge on any atom is 0.126 e. The van der Waals surface area contributed by atoms with Gasteiger partial charge in [0.2, 0.25) is 0 Å². The lowest BCUT2D eigenvalue weighted by Gasteiger charge is -2.17. The van der Waals surface area contributed by atoms with E-state index in [0.717, 1.165) is 40.6 Å². The molecule has 1 fully saturated rings. The number of fused-ring (bicyclic) bond motifs is 1. The molecular weight excluding hydrogens is 417 g/mol. The highest BCUT2D eigenvalue weighted by atomic mass is 32.2. The topological polar surface area (TPSA) is 73.7 Å². The number of aryl methyl sites for hydroxylation is 1. The first-order valence-electron chi connectivity index (χ1n) is 10.3. The lowest BCUT2D eigenvalue weighted by Crippen LogP contribution is -2.17. The minimum atomic E-state index is -2.28. The van der Waals surface area contributed by atoms with Crippen LogP contribution in [0.3, 0.4) is 0 Å². The molecule has 1 atom stereocenters. The minimum absolute atomic E-state index is 0.0731. The zero-order chi connectivity index (χ0) is 22.0. The van der Waals surface area contributed by atoms with E-state index < -0.39 is 9.73 Å². The molecule has 31 heavy (non-hydrogen) atoms. The van der Waals surface area contributed by atoms with E-state index in [1.54, 1.807) is 18.6 Å². The van der Waals surface area contributed by atoms with Crippen LogP contribution < -0.4 is 4.74 Å². The maximum absolute atomic E-state index is 13.9. The molecule has 0 aliphatic carbocycles. The van der Waals surface area contributed by atoms with Gasteiger partial charge < -0.3 is 9.47 Å². The van der Waals surface area contributed by atoms with Crippen LogP contribution in [0.15, 0.2) is 41.0 Å². The van der Waals surface area contributed by atoms with Crippen LogP contribution in [0.4, 0.5) is 10.1 Å². The third-order valence-electron chi connectivity index (χ3n) is 5.16. The van der Waals surface area contributed by atoms with Crippen molar-refractivity contribution in [1.29, 1.82) is 0 Å². The molecular formula is C23H26FN3O3S. The molecule has 0 unspecified atom stereocenters. The van der Waals surface area contributed by atoms with Crippen LogP contribution in [-0.4, -0.2) is 46.0 Å². The Balaban J connectivity index is 1.76. The average molecular weight is 444 g/mol. The number of halogens is 1. The second-order valence-electron chi connectivity index (χ2n) is 7.98. The summed E-state index contributed by atoms with van der Waals surface area (Å²) in [6, 6.07) is 8.39. The molecule has 2 heterocycles. The fraction of sp³-hybridized carbons (Fsp3) is 0.391. The molecule has 0 radical (unpaired) electrons. The van der Waals surface area contributed by atoms with Crippen LogP contribution in [0.1, 0.15) is 30.2 Å². The molecule has 1 aliphatic rings. The second kappa shape index (κ2) is 8.88. The number of ether oxygens (including phenoxy) is 2. The van der Waals surface area contributed by atoms with E-state index in [0.29, 0.717) is 31.1 Å². The van der Waals surface area contributed by atoms with Crippen molar-refractivity contribution in [3.05, 3.63) is 59.3 Å². The molecule has 0 N–H and O–H groups in total. The predicted molar refractivity (Wildman–Crippen MR) is 120 cm³/mol. The zero-order valence-corrected chi connectivity index (χ0v) is 18.7. The van der Waals surface area contributed by atoms with Gasteiger partial charge in [-0.1, -0.05) is 13.0 Å². The monoisotopic (exact) mass is 443 g/mol. The summed E-state index contributed by atoms with van der Waals surface area (Å²) in [5.74, 6) is 0.178. The summed E-state index contributed by atoms with van der Waals surface area (Å²) < 4.78 is 41.9. The fourth-order valence-electron chi connectivity index (χ4n) is 3.80. The highest BCUT2D eigenvalue weighted by Crippen LogP contribution is 2.31. The number of rotatable bonds is 6. The average Bonchev–Trinajstić information content (AvgIpc) is 3.21. The van der Waals surface area contributed by atoms with Crippen LogP contribution in [0, 0.1) is 5.82 Å². The van der Waals surface area contributed by atoms with Crippen LogP contribution in [0.2, 0.25) is 0 Å². The molecule has 1 aliphatic heterocycles. The lowest BCUT2D eigenvalue weighted by molar-refractivity contribution is 0.140. The Morgan fingerprint density at radius 2 is 2.06 bits per heavy atom. The standard InChI is InChI=1S/C23H26FN3O3S/c1-4-15-9-18(27-31(2,3)28)12-21-23(15)20(25-14-26-21)10-16-5-6-17(24)11-22(16)30-19-7-8-29-13-19/h5-6,9,11-12,14,19H,4,7-8,10,13H2,1-3H3/t19-/m0/s1. The first kappa shape index (κ1) is 21.6. The number of aromatic nitrogens is 2. The van der Waals surface area contributed by atoms with Gasteiger partial charge in [-0.3, -0.25) is 0 Å². The van der Waals surface area contributed by atoms with Crippen molar-refractivity contribution < 1.29 is 18.1 Å². The number of benzene rings is 2. The van der Waals surface area contributed by atoms with Crippen molar-refractivity contribution >= 4 is 26.3 Å². The van der Waals surface area contributed by atoms with Crippen LogP contribution in [-0.2, 0) is 27.3 Å². The van der Waals surface area contributed by atoms with E-state index in [1.165, 1.54) is 18.5 Å². The van der Waals surface area contributed by atoms with Crippen molar-refractivity contribution in [3.8, 4) is 5.75 Å². The first-order valence-corrected chi connectivity index (χ1v) is 12.6. The Morgan fingerprint density at radius 3 is 2.77 bits per heavy atom. The van der Waals surface area contributed by atoms with E-state index in [-0.39, 0.29) is 11.9 Å². The number of hydrogen-bond acceptors (Lipinski definition) is 6. The molecule has 0 spiro atoms. The summed E-state index contributed by atoms with van der Waals surface area (Å²) >= 11 is 0. The van der Waals surface area contributed by atoms with Gasteiger partial charge in [0.25, 0.3) is 0 Å². The smallest absolute Gasteiger partial charge is 0.126 e. The molecule has 6 nitrogen and oxygen atoms in total. The van der Waals surface area contributed by atoms with E-state index in [1.807, 2.05) is 12.1 Å². The summed E-state index contributed by atoms with van der Waals surface area (Å²) in [6.07, 6.45) is 6.68. The van der Waals surface area contributed by atoms with Gasteiger partial charge in [0, 0.05) is 52.1 Å². The normalized spacial score (nSPS) is 16.6. The number of hydrogen-bond donors (Lipinski definition) is 0. The summed E-state index contributed by atoms with van der Waals surface area (Å²) in [5.41, 5.74) is 4.12. The summed E-state index contributed by atoms with van der Waals surface area (Å²) in [7, 11) is -2.28. The molecule has 1 aromatic heterocycles. The van der Waals surface area contributed by atoms with Gasteiger partial charge in [-0.25, -0.2) is 18.6 Å². The van der Waals surface area contributed by atoms with Crippen LogP contribution in [0.5, 0.6) is 5.75 Å². The maximum atomic E-state index is 13.9. The van der Waals surface area contributed by atoms with Gasteiger partial charge >= 0.3 is 0 Å². The molecule has 164 valence electrons. The van der Waals surface area contributed by atoms with Gasteiger partial charge in [-0.05, 0) is 30.2 Å². The van der Waals surface area contributed by atoms with Gasteiger partial charge in [0.15, 0.2) is 0 Å². The Hall–Kier alpha value is -2.58. The van der Waals surface area contributed by atoms with Crippen molar-refractivity contribution in [1.82, 2.24) is 9.97 Å². The SMILES string of the molecule is CCc1cc(N=S(C)(C)=O)cc2ncnc(Cc3ccc(F)cc3O[C@H]3CCOC3)c12. The van der Waals surface area contributed by atoms with Crippen molar-refractivity contribution in [2.75, 3.05) is 25.7 Å². The quantitative estimate of drug-likeness (QED) is 0.563. The highest BCUT2D eigenvalue weighted by molar-refractivity contribution is 7.92. The van der Waals surface area contributed by atoms with Gasteiger partial charge in [-0.15, -0.1) is 0 Å². The molecule has 8 heteroatoms. The zero-order valence-electron chi connectivity index (χ0n) is 17.9. The Morgan fingerprint density at radius 1 is 1.23 bits per heavy atom. The first-order chi connectivity index (χ1) is 14.8. The Labute approximate surface area is 182 Å². The molecule has 0 bridgehead atoms. The van der Waals surface area contributed by atoms with Gasteiger partial charge in [0.05, 0.1) is 30.1 Å². The van der Waals surface area contributed by atoms with E-state index in [9.17, 15) is 8.60 Å². The largest absolute Gasteiger partial charge is 0.488 e. The van der Waals surface area contributed by atoms with Crippen LogP contribution in [0.25, 0.3) is 10.9 Å². The molecule has 2 aromatic carbocycles. The third kappa shape index (κ3) is 5.19. The van der Waals surface area contributed by atoms with Gasteiger partial charge in [-0.2, -0.15) is 4.36 Å². The summed E-state index contributed by atoms with van der Waals surface area (Å²) in [6.45, 7) is 3.22. The van der Waals surface area contributed by atoms with Crippen molar-refractivity contribution in [3.63, 3.8) is 0 Å². The van der Waals surface area contributed by atoms with Crippen LogP contribution >= 0.6 is 0 Å². The predicted octanol–water partition coefficient (Wildman–Crippen LogP) is 4.45.